The van der Waals surface area contributed by atoms with Gasteiger partial charge in [0.1, 0.15) is 11.6 Å². The largest absolute Gasteiger partial charge is 0.465 e. The summed E-state index contributed by atoms with van der Waals surface area (Å²) in [5.74, 6) is 0.148. The van der Waals surface area contributed by atoms with Crippen molar-refractivity contribution in [2.45, 2.75) is 57.9 Å². The number of hydrogen-bond acceptors (Lipinski definition) is 11. The minimum atomic E-state index is -3.91. The molecule has 0 aliphatic carbocycles. The summed E-state index contributed by atoms with van der Waals surface area (Å²) >= 11 is 1.00. The van der Waals surface area contributed by atoms with Gasteiger partial charge in [0.2, 0.25) is 16.4 Å². The summed E-state index contributed by atoms with van der Waals surface area (Å²) in [7, 11) is -0.142. The standard InChI is InChI=1S/C31H40N6O6S2/c1-6-9-30(40)44-27(21(2)37(20-38)19-23-18-33-22(3)35-31(23)32)15-17-43-29(39)14-16-34-45(41,42)28-13-8-10-24-25(28)11-7-12-26(24)36(4)5/h7-8,10-13,18,20,34H,6,9,14-17,19H2,1-5H3,(H2,32,33,35)/b27-21-. The summed E-state index contributed by atoms with van der Waals surface area (Å²) in [4.78, 5) is 49.3. The lowest BCUT2D eigenvalue weighted by Gasteiger charge is -2.22. The van der Waals surface area contributed by atoms with Crippen LogP contribution in [0.25, 0.3) is 10.8 Å². The van der Waals surface area contributed by atoms with Gasteiger partial charge in [-0.15, -0.1) is 0 Å². The molecule has 1 aromatic heterocycles. The van der Waals surface area contributed by atoms with Crippen molar-refractivity contribution in [2.75, 3.05) is 37.9 Å². The molecule has 0 saturated heterocycles. The first-order valence-electron chi connectivity index (χ1n) is 14.4. The lowest BCUT2D eigenvalue weighted by atomic mass is 10.1. The van der Waals surface area contributed by atoms with E-state index in [4.69, 9.17) is 10.5 Å². The highest BCUT2D eigenvalue weighted by Gasteiger charge is 2.20. The van der Waals surface area contributed by atoms with Crippen molar-refractivity contribution in [3.63, 3.8) is 0 Å². The SMILES string of the molecule is CCCC(=O)S/C(CCOC(=O)CCNS(=O)(=O)c1cccc2c(N(C)C)cccc12)=C(/C)N(C=O)Cc1cnc(C)nc1N. The van der Waals surface area contributed by atoms with Crippen LogP contribution >= 0.6 is 11.8 Å². The monoisotopic (exact) mass is 656 g/mol. The van der Waals surface area contributed by atoms with E-state index in [9.17, 15) is 22.8 Å². The Kier molecular flexibility index (Phi) is 12.9. The van der Waals surface area contributed by atoms with E-state index in [2.05, 4.69) is 14.7 Å². The summed E-state index contributed by atoms with van der Waals surface area (Å²) < 4.78 is 34.1. The maximum absolute atomic E-state index is 13.1. The van der Waals surface area contributed by atoms with Crippen LogP contribution in [0.2, 0.25) is 0 Å². The summed E-state index contributed by atoms with van der Waals surface area (Å²) in [6.07, 6.45) is 3.17. The number of nitrogens with zero attached hydrogens (tertiary/aromatic N) is 4. The number of carbonyl (C=O) groups is 3. The number of fused-ring (bicyclic) bond motifs is 1. The number of benzene rings is 2. The van der Waals surface area contributed by atoms with E-state index >= 15 is 0 Å². The summed E-state index contributed by atoms with van der Waals surface area (Å²) in [6.45, 7) is 5.18. The highest BCUT2D eigenvalue weighted by atomic mass is 32.2. The molecule has 2 aromatic carbocycles. The Hall–Kier alpha value is -4.01. The molecule has 12 nitrogen and oxygen atoms in total. The summed E-state index contributed by atoms with van der Waals surface area (Å²) in [5, 5.41) is 1.29. The Labute approximate surface area is 268 Å². The molecule has 0 aliphatic rings. The Bertz CT molecular complexity index is 1680. The van der Waals surface area contributed by atoms with E-state index in [1.54, 1.807) is 38.2 Å². The summed E-state index contributed by atoms with van der Waals surface area (Å²) in [6, 6.07) is 10.5. The molecule has 0 saturated carbocycles. The van der Waals surface area contributed by atoms with Gasteiger partial charge in [-0.1, -0.05) is 43.0 Å². The van der Waals surface area contributed by atoms with Gasteiger partial charge in [0.05, 0.1) is 24.5 Å². The van der Waals surface area contributed by atoms with Crippen molar-refractivity contribution in [2.24, 2.45) is 0 Å². The third-order valence-electron chi connectivity index (χ3n) is 6.86. The van der Waals surface area contributed by atoms with E-state index in [1.165, 1.54) is 11.0 Å². The van der Waals surface area contributed by atoms with Gasteiger partial charge in [0, 0.05) is 72.3 Å². The first-order valence-corrected chi connectivity index (χ1v) is 16.7. The molecule has 3 aromatic rings. The number of aryl methyl sites for hydroxylation is 1. The Balaban J connectivity index is 1.64. The first kappa shape index (κ1) is 35.5. The zero-order chi connectivity index (χ0) is 33.1. The first-order chi connectivity index (χ1) is 21.4. The highest BCUT2D eigenvalue weighted by Crippen LogP contribution is 2.31. The number of aromatic nitrogens is 2. The third kappa shape index (κ3) is 9.74. The van der Waals surface area contributed by atoms with Crippen LogP contribution in [0.5, 0.6) is 0 Å². The average molecular weight is 657 g/mol. The number of nitrogen functional groups attached to an aromatic ring is 1. The topological polar surface area (TPSA) is 165 Å². The van der Waals surface area contributed by atoms with Crippen LogP contribution in [0, 0.1) is 6.92 Å². The van der Waals surface area contributed by atoms with Crippen LogP contribution < -0.4 is 15.4 Å². The maximum atomic E-state index is 13.1. The molecule has 0 bridgehead atoms. The van der Waals surface area contributed by atoms with Crippen molar-refractivity contribution in [3.8, 4) is 0 Å². The van der Waals surface area contributed by atoms with E-state index in [1.807, 2.05) is 38.1 Å². The molecule has 0 atom stereocenters. The number of nitrogens with two attached hydrogens (primary N) is 1. The van der Waals surface area contributed by atoms with Crippen molar-refractivity contribution in [3.05, 3.63) is 64.6 Å². The molecule has 3 N–H and O–H groups in total. The molecule has 14 heteroatoms. The van der Waals surface area contributed by atoms with Gasteiger partial charge < -0.3 is 20.3 Å². The van der Waals surface area contributed by atoms with Crippen LogP contribution in [0.15, 0.2) is 58.1 Å². The Morgan fingerprint density at radius 2 is 1.80 bits per heavy atom. The third-order valence-corrected chi connectivity index (χ3v) is 9.55. The molecule has 1 amide bonds. The number of nitrogens with one attached hydrogen (secondary N) is 1. The van der Waals surface area contributed by atoms with E-state index in [-0.39, 0.29) is 48.4 Å². The Morgan fingerprint density at radius 1 is 1.09 bits per heavy atom. The number of thioether (sulfide) groups is 1. The van der Waals surface area contributed by atoms with Crippen LogP contribution in [0.3, 0.4) is 0 Å². The predicted molar refractivity (Wildman–Crippen MR) is 177 cm³/mol. The van der Waals surface area contributed by atoms with Crippen LogP contribution in [-0.4, -0.2) is 68.0 Å². The molecule has 45 heavy (non-hydrogen) atoms. The number of sulfonamides is 1. The fourth-order valence-corrected chi connectivity index (χ4v) is 6.78. The van der Waals surface area contributed by atoms with Gasteiger partial charge in [0.25, 0.3) is 0 Å². The fourth-order valence-electron chi connectivity index (χ4n) is 4.50. The molecule has 0 unspecified atom stereocenters. The predicted octanol–water partition coefficient (Wildman–Crippen LogP) is 4.14. The summed E-state index contributed by atoms with van der Waals surface area (Å²) in [5.41, 5.74) is 7.95. The van der Waals surface area contributed by atoms with Crippen LogP contribution in [-0.2, 0) is 35.7 Å². The van der Waals surface area contributed by atoms with E-state index in [0.29, 0.717) is 46.6 Å². The van der Waals surface area contributed by atoms with Crippen LogP contribution in [0.4, 0.5) is 11.5 Å². The van der Waals surface area contributed by atoms with E-state index in [0.717, 1.165) is 22.8 Å². The molecule has 242 valence electrons. The molecular formula is C31H40N6O6S2. The van der Waals surface area contributed by atoms with Gasteiger partial charge in [-0.2, -0.15) is 0 Å². The molecule has 0 radical (unpaired) electrons. The fraction of sp³-hybridized carbons (Fsp3) is 0.387. The molecule has 0 spiro atoms. The van der Waals surface area contributed by atoms with Crippen molar-refractivity contribution < 1.29 is 27.5 Å². The number of ether oxygens (including phenoxy) is 1. The van der Waals surface area contributed by atoms with E-state index < -0.39 is 16.0 Å². The van der Waals surface area contributed by atoms with Gasteiger partial charge in [0.15, 0.2) is 5.12 Å². The Morgan fingerprint density at radius 3 is 2.47 bits per heavy atom. The molecular weight excluding hydrogens is 617 g/mol. The lowest BCUT2D eigenvalue weighted by molar-refractivity contribution is -0.143. The van der Waals surface area contributed by atoms with Crippen molar-refractivity contribution >= 4 is 61.6 Å². The molecule has 0 aliphatic heterocycles. The molecule has 3 rings (SSSR count). The molecule has 0 fully saturated rings. The van der Waals surface area contributed by atoms with Crippen LogP contribution in [0.1, 0.15) is 50.9 Å². The molecule has 1 heterocycles. The second-order valence-electron chi connectivity index (χ2n) is 10.4. The van der Waals surface area contributed by atoms with Crippen molar-refractivity contribution in [1.82, 2.24) is 19.6 Å². The number of anilines is 2. The van der Waals surface area contributed by atoms with Gasteiger partial charge in [-0.25, -0.2) is 23.1 Å². The quantitative estimate of drug-likeness (QED) is 0.168. The highest BCUT2D eigenvalue weighted by molar-refractivity contribution is 8.16. The number of hydrogen-bond donors (Lipinski definition) is 2. The number of esters is 1. The number of amides is 1. The number of allylic oxidation sites excluding steroid dienone is 1. The van der Waals surface area contributed by atoms with Gasteiger partial charge in [-0.05, 0) is 32.4 Å². The second kappa shape index (κ2) is 16.3. The normalized spacial score (nSPS) is 12.0. The van der Waals surface area contributed by atoms with Gasteiger partial charge >= 0.3 is 5.97 Å². The minimum Gasteiger partial charge on any atom is -0.465 e. The maximum Gasteiger partial charge on any atom is 0.307 e. The second-order valence-corrected chi connectivity index (χ2v) is 13.3. The number of rotatable bonds is 16. The lowest BCUT2D eigenvalue weighted by Crippen LogP contribution is -2.27. The average Bonchev–Trinajstić information content (AvgIpc) is 2.99. The van der Waals surface area contributed by atoms with Gasteiger partial charge in [-0.3, -0.25) is 14.4 Å². The number of carbonyl (C=O) groups excluding carboxylic acids is 3. The zero-order valence-corrected chi connectivity index (χ0v) is 27.8. The zero-order valence-electron chi connectivity index (χ0n) is 26.2. The van der Waals surface area contributed by atoms with Crippen molar-refractivity contribution in [1.29, 1.82) is 0 Å². The minimum absolute atomic E-state index is 0.0657. The smallest absolute Gasteiger partial charge is 0.307 e.